The molecule has 1 saturated heterocycles. The molecular weight excluding hydrogens is 346 g/mol. The Morgan fingerprint density at radius 3 is 2.82 bits per heavy atom. The number of halogens is 1. The number of carbonyl (C=O) groups is 1. The van der Waals surface area contributed by atoms with E-state index in [-0.39, 0.29) is 5.91 Å². The molecule has 4 rings (SSSR count). The van der Waals surface area contributed by atoms with E-state index in [1.807, 2.05) is 11.0 Å². The summed E-state index contributed by atoms with van der Waals surface area (Å²) in [6.45, 7) is 1.66. The van der Waals surface area contributed by atoms with Crippen LogP contribution in [0.15, 0.2) is 35.1 Å². The van der Waals surface area contributed by atoms with E-state index in [0.29, 0.717) is 5.92 Å². The minimum atomic E-state index is -0.496. The number of benzene rings is 1. The predicted molar refractivity (Wildman–Crippen MR) is 82.9 cm³/mol. The van der Waals surface area contributed by atoms with Gasteiger partial charge in [0.2, 0.25) is 0 Å². The quantitative estimate of drug-likeness (QED) is 0.829. The Bertz CT molecular complexity index is 692. The van der Waals surface area contributed by atoms with Crippen LogP contribution in [-0.4, -0.2) is 44.1 Å². The number of tetrazole rings is 1. The third kappa shape index (κ3) is 2.33. The number of nitrogens with zero attached hydrogens (tertiary/aromatic N) is 5. The van der Waals surface area contributed by atoms with Gasteiger partial charge in [0.05, 0.1) is 0 Å². The molecule has 0 radical (unpaired) electrons. The molecule has 1 aromatic heterocycles. The molecule has 0 unspecified atom stereocenters. The first-order valence-electron chi connectivity index (χ1n) is 7.45. The first-order chi connectivity index (χ1) is 10.7. The number of carbonyl (C=O) groups excluding carboxylic acids is 1. The van der Waals surface area contributed by atoms with Crippen LogP contribution in [0.2, 0.25) is 0 Å². The van der Waals surface area contributed by atoms with E-state index in [1.165, 1.54) is 5.56 Å². The molecule has 1 amide bonds. The summed E-state index contributed by atoms with van der Waals surface area (Å²) in [5, 5.41) is 11.2. The topological polar surface area (TPSA) is 63.9 Å². The summed E-state index contributed by atoms with van der Waals surface area (Å²) >= 11 is 3.50. The smallest absolute Gasteiger partial charge is 0.250 e. The zero-order valence-corrected chi connectivity index (χ0v) is 13.6. The molecule has 0 spiro atoms. The van der Waals surface area contributed by atoms with Gasteiger partial charge in [-0.25, -0.2) is 4.68 Å². The van der Waals surface area contributed by atoms with Crippen LogP contribution in [0.3, 0.4) is 0 Å². The zero-order valence-electron chi connectivity index (χ0n) is 12.0. The SMILES string of the molecule is O=C(N1CC(Cc2cccc(Br)c2)C1)C1(n2cnnn2)CC1. The lowest BCUT2D eigenvalue weighted by molar-refractivity contribution is -0.143. The second-order valence-electron chi connectivity index (χ2n) is 6.20. The van der Waals surface area contributed by atoms with Crippen molar-refractivity contribution in [1.82, 2.24) is 25.1 Å². The van der Waals surface area contributed by atoms with Crippen molar-refractivity contribution in [2.24, 2.45) is 5.92 Å². The molecule has 2 aromatic rings. The number of rotatable bonds is 4. The summed E-state index contributed by atoms with van der Waals surface area (Å²) in [7, 11) is 0. The maximum Gasteiger partial charge on any atom is 0.250 e. The van der Waals surface area contributed by atoms with Gasteiger partial charge in [0.25, 0.3) is 5.91 Å². The van der Waals surface area contributed by atoms with Gasteiger partial charge in [0.1, 0.15) is 11.9 Å². The zero-order chi connectivity index (χ0) is 15.2. The fraction of sp³-hybridized carbons (Fsp3) is 0.467. The van der Waals surface area contributed by atoms with Crippen molar-refractivity contribution in [3.63, 3.8) is 0 Å². The van der Waals surface area contributed by atoms with Gasteiger partial charge in [-0.3, -0.25) is 4.79 Å². The van der Waals surface area contributed by atoms with Gasteiger partial charge < -0.3 is 4.90 Å². The van der Waals surface area contributed by atoms with E-state index in [9.17, 15) is 4.79 Å². The van der Waals surface area contributed by atoms with Crippen molar-refractivity contribution >= 4 is 21.8 Å². The molecule has 7 heteroatoms. The normalized spacial score (nSPS) is 19.8. The fourth-order valence-corrected chi connectivity index (χ4v) is 3.62. The fourth-order valence-electron chi connectivity index (χ4n) is 3.17. The molecule has 2 fully saturated rings. The van der Waals surface area contributed by atoms with Crippen LogP contribution in [0, 0.1) is 5.92 Å². The van der Waals surface area contributed by atoms with Crippen LogP contribution < -0.4 is 0 Å². The number of hydrogen-bond donors (Lipinski definition) is 0. The average molecular weight is 362 g/mol. The van der Waals surface area contributed by atoms with Gasteiger partial charge in [-0.2, -0.15) is 0 Å². The first kappa shape index (κ1) is 13.9. The molecule has 1 aliphatic carbocycles. The van der Waals surface area contributed by atoms with Gasteiger partial charge in [0, 0.05) is 17.6 Å². The largest absolute Gasteiger partial charge is 0.340 e. The summed E-state index contributed by atoms with van der Waals surface area (Å²) in [6, 6.07) is 8.37. The number of hydrogen-bond acceptors (Lipinski definition) is 4. The molecule has 1 saturated carbocycles. The molecule has 0 bridgehead atoms. The van der Waals surface area contributed by atoms with Crippen molar-refractivity contribution in [3.05, 3.63) is 40.6 Å². The standard InChI is InChI=1S/C15H16BrN5O/c16-13-3-1-2-11(7-13)6-12-8-20(9-12)14(22)15(4-5-15)21-10-17-18-19-21/h1-3,7,10,12H,4-6,8-9H2. The summed E-state index contributed by atoms with van der Waals surface area (Å²) in [5.74, 6) is 0.716. The minimum Gasteiger partial charge on any atom is -0.340 e. The summed E-state index contributed by atoms with van der Waals surface area (Å²) in [5.41, 5.74) is 0.817. The lowest BCUT2D eigenvalue weighted by Crippen LogP contribution is -2.55. The highest BCUT2D eigenvalue weighted by atomic mass is 79.9. The van der Waals surface area contributed by atoms with E-state index >= 15 is 0 Å². The van der Waals surface area contributed by atoms with Gasteiger partial charge >= 0.3 is 0 Å². The number of aromatic nitrogens is 4. The highest BCUT2D eigenvalue weighted by Crippen LogP contribution is 2.45. The van der Waals surface area contributed by atoms with E-state index in [0.717, 1.165) is 36.8 Å². The van der Waals surface area contributed by atoms with Crippen LogP contribution >= 0.6 is 15.9 Å². The molecule has 2 aliphatic rings. The molecule has 6 nitrogen and oxygen atoms in total. The summed E-state index contributed by atoms with van der Waals surface area (Å²) < 4.78 is 2.73. The predicted octanol–water partition coefficient (Wildman–Crippen LogP) is 1.63. The van der Waals surface area contributed by atoms with Gasteiger partial charge in [-0.15, -0.1) is 5.10 Å². The molecule has 2 heterocycles. The lowest BCUT2D eigenvalue weighted by Gasteiger charge is -2.41. The number of amides is 1. The van der Waals surface area contributed by atoms with Crippen LogP contribution in [-0.2, 0) is 16.8 Å². The Labute approximate surface area is 136 Å². The van der Waals surface area contributed by atoms with Gasteiger partial charge in [-0.05, 0) is 53.3 Å². The van der Waals surface area contributed by atoms with E-state index in [2.05, 4.69) is 49.7 Å². The van der Waals surface area contributed by atoms with Crippen LogP contribution in [0.1, 0.15) is 18.4 Å². The summed E-state index contributed by atoms with van der Waals surface area (Å²) in [4.78, 5) is 14.6. The monoisotopic (exact) mass is 361 g/mol. The van der Waals surface area contributed by atoms with Crippen molar-refractivity contribution in [2.45, 2.75) is 24.8 Å². The Morgan fingerprint density at radius 1 is 1.36 bits per heavy atom. The van der Waals surface area contributed by atoms with Crippen molar-refractivity contribution in [1.29, 1.82) is 0 Å². The third-order valence-electron chi connectivity index (χ3n) is 4.57. The summed E-state index contributed by atoms with van der Waals surface area (Å²) in [6.07, 6.45) is 4.23. The molecule has 0 atom stereocenters. The average Bonchev–Trinajstić information content (AvgIpc) is 3.09. The number of likely N-dealkylation sites (tertiary alicyclic amines) is 1. The van der Waals surface area contributed by atoms with Crippen molar-refractivity contribution in [3.8, 4) is 0 Å². The van der Waals surface area contributed by atoms with E-state index < -0.39 is 5.54 Å². The molecule has 1 aromatic carbocycles. The van der Waals surface area contributed by atoms with Gasteiger partial charge in [-0.1, -0.05) is 28.1 Å². The van der Waals surface area contributed by atoms with Crippen LogP contribution in [0.25, 0.3) is 0 Å². The Kier molecular flexibility index (Phi) is 3.25. The van der Waals surface area contributed by atoms with Crippen LogP contribution in [0.5, 0.6) is 0 Å². The van der Waals surface area contributed by atoms with Crippen molar-refractivity contribution in [2.75, 3.05) is 13.1 Å². The second kappa shape index (κ2) is 5.15. The molecule has 114 valence electrons. The third-order valence-corrected chi connectivity index (χ3v) is 5.06. The molecule has 22 heavy (non-hydrogen) atoms. The maximum atomic E-state index is 12.7. The second-order valence-corrected chi connectivity index (χ2v) is 7.11. The maximum absolute atomic E-state index is 12.7. The Morgan fingerprint density at radius 2 is 2.18 bits per heavy atom. The first-order valence-corrected chi connectivity index (χ1v) is 8.24. The molecule has 0 N–H and O–H groups in total. The Hall–Kier alpha value is -1.76. The highest BCUT2D eigenvalue weighted by molar-refractivity contribution is 9.10. The minimum absolute atomic E-state index is 0.172. The van der Waals surface area contributed by atoms with Crippen molar-refractivity contribution < 1.29 is 4.79 Å². The van der Waals surface area contributed by atoms with Crippen LogP contribution in [0.4, 0.5) is 0 Å². The van der Waals surface area contributed by atoms with Gasteiger partial charge in [0.15, 0.2) is 0 Å². The highest BCUT2D eigenvalue weighted by Gasteiger charge is 2.56. The molecule has 1 aliphatic heterocycles. The van der Waals surface area contributed by atoms with E-state index in [1.54, 1.807) is 11.0 Å². The lowest BCUT2D eigenvalue weighted by atomic mass is 9.91. The Balaban J connectivity index is 1.37. The van der Waals surface area contributed by atoms with E-state index in [4.69, 9.17) is 0 Å². The molecular formula is C15H16BrN5O.